The molecule has 8 heteroatoms. The molecule has 25 heavy (non-hydrogen) atoms. The fourth-order valence-corrected chi connectivity index (χ4v) is 3.62. The van der Waals surface area contributed by atoms with E-state index in [9.17, 15) is 9.59 Å². The van der Waals surface area contributed by atoms with Gasteiger partial charge in [0, 0.05) is 10.9 Å². The third-order valence-corrected chi connectivity index (χ3v) is 4.73. The van der Waals surface area contributed by atoms with E-state index in [1.165, 1.54) is 22.0 Å². The van der Waals surface area contributed by atoms with Gasteiger partial charge in [-0.05, 0) is 31.2 Å². The van der Waals surface area contributed by atoms with Crippen molar-refractivity contribution in [2.45, 2.75) is 13.5 Å². The number of aryl methyl sites for hydroxylation is 1. The molecule has 4 rings (SSSR count). The second kappa shape index (κ2) is 5.75. The molecule has 4 aromatic heterocycles. The van der Waals surface area contributed by atoms with Gasteiger partial charge in [-0.25, -0.2) is 9.78 Å². The SMILES string of the molecule is Cc1nc2scc(-c3ccco3)c2c(=O)n1Cc1ccc(C(=O)O)o1. The van der Waals surface area contributed by atoms with Crippen LogP contribution in [0.5, 0.6) is 0 Å². The van der Waals surface area contributed by atoms with E-state index < -0.39 is 5.97 Å². The minimum absolute atomic E-state index is 0.105. The molecular formula is C17H12N2O5S. The van der Waals surface area contributed by atoms with Crippen LogP contribution in [-0.4, -0.2) is 20.6 Å². The van der Waals surface area contributed by atoms with Gasteiger partial charge >= 0.3 is 5.97 Å². The van der Waals surface area contributed by atoms with Crippen molar-refractivity contribution in [3.05, 3.63) is 63.6 Å². The van der Waals surface area contributed by atoms with E-state index >= 15 is 0 Å². The molecule has 0 bridgehead atoms. The average Bonchev–Trinajstić information content (AvgIpc) is 3.30. The smallest absolute Gasteiger partial charge is 0.371 e. The van der Waals surface area contributed by atoms with Gasteiger partial charge in [-0.3, -0.25) is 9.36 Å². The van der Waals surface area contributed by atoms with Crippen LogP contribution in [0.1, 0.15) is 22.1 Å². The molecule has 0 aliphatic rings. The van der Waals surface area contributed by atoms with Gasteiger partial charge in [0.15, 0.2) is 0 Å². The normalized spacial score (nSPS) is 11.2. The van der Waals surface area contributed by atoms with Crippen molar-refractivity contribution in [3.8, 4) is 11.3 Å². The lowest BCUT2D eigenvalue weighted by atomic mass is 10.2. The molecule has 0 radical (unpaired) electrons. The summed E-state index contributed by atoms with van der Waals surface area (Å²) in [5.41, 5.74) is 0.477. The van der Waals surface area contributed by atoms with E-state index in [1.807, 2.05) is 5.38 Å². The van der Waals surface area contributed by atoms with Crippen molar-refractivity contribution in [1.82, 2.24) is 9.55 Å². The Labute approximate surface area is 144 Å². The van der Waals surface area contributed by atoms with Crippen molar-refractivity contribution in [2.24, 2.45) is 0 Å². The summed E-state index contributed by atoms with van der Waals surface area (Å²) in [6, 6.07) is 6.45. The molecule has 0 aliphatic carbocycles. The van der Waals surface area contributed by atoms with Crippen molar-refractivity contribution in [1.29, 1.82) is 0 Å². The van der Waals surface area contributed by atoms with Crippen molar-refractivity contribution in [2.75, 3.05) is 0 Å². The van der Waals surface area contributed by atoms with Gasteiger partial charge in [0.05, 0.1) is 18.2 Å². The van der Waals surface area contributed by atoms with Crippen LogP contribution in [0, 0.1) is 6.92 Å². The Hall–Kier alpha value is -3.13. The molecule has 4 aromatic rings. The van der Waals surface area contributed by atoms with Gasteiger partial charge in [0.1, 0.15) is 22.2 Å². The summed E-state index contributed by atoms with van der Waals surface area (Å²) < 4.78 is 12.1. The first-order valence-electron chi connectivity index (χ1n) is 7.39. The Balaban J connectivity index is 1.84. The lowest BCUT2D eigenvalue weighted by molar-refractivity contribution is 0.0660. The van der Waals surface area contributed by atoms with Crippen LogP contribution in [0.3, 0.4) is 0 Å². The van der Waals surface area contributed by atoms with Gasteiger partial charge < -0.3 is 13.9 Å². The van der Waals surface area contributed by atoms with Gasteiger partial charge in [0.2, 0.25) is 5.76 Å². The highest BCUT2D eigenvalue weighted by atomic mass is 32.1. The Morgan fingerprint density at radius 3 is 2.88 bits per heavy atom. The number of hydrogen-bond acceptors (Lipinski definition) is 6. The molecule has 0 aromatic carbocycles. The summed E-state index contributed by atoms with van der Waals surface area (Å²) in [7, 11) is 0. The first-order chi connectivity index (χ1) is 12.0. The fraction of sp³-hybridized carbons (Fsp3) is 0.118. The summed E-state index contributed by atoms with van der Waals surface area (Å²) in [5.74, 6) is 0.187. The molecular weight excluding hydrogens is 344 g/mol. The lowest BCUT2D eigenvalue weighted by Crippen LogP contribution is -2.24. The van der Waals surface area contributed by atoms with Crippen LogP contribution in [0.25, 0.3) is 21.5 Å². The number of carboxylic acid groups (broad SMARTS) is 1. The van der Waals surface area contributed by atoms with E-state index in [1.54, 1.807) is 31.4 Å². The highest BCUT2D eigenvalue weighted by Crippen LogP contribution is 2.31. The highest BCUT2D eigenvalue weighted by molar-refractivity contribution is 7.17. The van der Waals surface area contributed by atoms with Crippen LogP contribution in [0.15, 0.2) is 49.5 Å². The van der Waals surface area contributed by atoms with Crippen molar-refractivity contribution in [3.63, 3.8) is 0 Å². The van der Waals surface area contributed by atoms with Crippen LogP contribution in [-0.2, 0) is 6.54 Å². The number of hydrogen-bond donors (Lipinski definition) is 1. The van der Waals surface area contributed by atoms with Gasteiger partial charge in [0.25, 0.3) is 5.56 Å². The summed E-state index contributed by atoms with van der Waals surface area (Å²) in [6.07, 6.45) is 1.55. The van der Waals surface area contributed by atoms with Gasteiger partial charge in [-0.1, -0.05) is 0 Å². The number of carbonyl (C=O) groups is 1. The molecule has 0 atom stereocenters. The molecule has 4 heterocycles. The fourth-order valence-electron chi connectivity index (χ4n) is 2.66. The zero-order valence-corrected chi connectivity index (χ0v) is 13.9. The minimum Gasteiger partial charge on any atom is -0.475 e. The van der Waals surface area contributed by atoms with Crippen molar-refractivity contribution < 1.29 is 18.7 Å². The maximum Gasteiger partial charge on any atom is 0.371 e. The quantitative estimate of drug-likeness (QED) is 0.602. The molecule has 0 saturated carbocycles. The van der Waals surface area contributed by atoms with Crippen LogP contribution < -0.4 is 5.56 Å². The molecule has 0 amide bonds. The van der Waals surface area contributed by atoms with E-state index in [-0.39, 0.29) is 17.9 Å². The van der Waals surface area contributed by atoms with Gasteiger partial charge in [-0.15, -0.1) is 11.3 Å². The number of aromatic carboxylic acids is 1. The molecule has 0 spiro atoms. The molecule has 0 fully saturated rings. The molecule has 0 saturated heterocycles. The van der Waals surface area contributed by atoms with E-state index in [0.717, 1.165) is 0 Å². The molecule has 0 unspecified atom stereocenters. The van der Waals surface area contributed by atoms with Crippen molar-refractivity contribution >= 4 is 27.5 Å². The standard InChI is InChI=1S/C17H12N2O5S/c1-9-18-15-14(11(8-25-15)12-3-2-6-23-12)16(20)19(9)7-10-4-5-13(24-10)17(21)22/h2-6,8H,7H2,1H3,(H,21,22). The second-order valence-electron chi connectivity index (χ2n) is 5.43. The first-order valence-corrected chi connectivity index (χ1v) is 8.27. The summed E-state index contributed by atoms with van der Waals surface area (Å²) in [6.45, 7) is 1.84. The Morgan fingerprint density at radius 1 is 1.36 bits per heavy atom. The third-order valence-electron chi connectivity index (χ3n) is 3.86. The number of carboxylic acids is 1. The second-order valence-corrected chi connectivity index (χ2v) is 6.29. The summed E-state index contributed by atoms with van der Waals surface area (Å²) >= 11 is 1.38. The van der Waals surface area contributed by atoms with Crippen LogP contribution in [0.4, 0.5) is 0 Å². The average molecular weight is 356 g/mol. The molecule has 126 valence electrons. The Kier molecular flexibility index (Phi) is 3.54. The van der Waals surface area contributed by atoms with E-state index in [2.05, 4.69) is 4.98 Å². The third kappa shape index (κ3) is 2.56. The number of furan rings is 2. The number of nitrogens with zero attached hydrogens (tertiary/aromatic N) is 2. The maximum atomic E-state index is 13.0. The summed E-state index contributed by atoms with van der Waals surface area (Å²) in [5, 5.41) is 11.3. The summed E-state index contributed by atoms with van der Waals surface area (Å²) in [4.78, 5) is 29.1. The van der Waals surface area contributed by atoms with Gasteiger partial charge in [-0.2, -0.15) is 0 Å². The molecule has 0 aliphatic heterocycles. The van der Waals surface area contributed by atoms with Crippen LogP contribution >= 0.6 is 11.3 Å². The largest absolute Gasteiger partial charge is 0.475 e. The lowest BCUT2D eigenvalue weighted by Gasteiger charge is -2.08. The zero-order chi connectivity index (χ0) is 17.6. The number of fused-ring (bicyclic) bond motifs is 1. The number of aromatic nitrogens is 2. The number of rotatable bonds is 4. The monoisotopic (exact) mass is 356 g/mol. The molecule has 7 nitrogen and oxygen atoms in total. The number of thiophene rings is 1. The maximum absolute atomic E-state index is 13.0. The van der Waals surface area contributed by atoms with Crippen LogP contribution in [0.2, 0.25) is 0 Å². The first kappa shape index (κ1) is 15.4. The Morgan fingerprint density at radius 2 is 2.20 bits per heavy atom. The van der Waals surface area contributed by atoms with E-state index in [4.69, 9.17) is 13.9 Å². The Bertz CT molecular complexity index is 1130. The molecule has 1 N–H and O–H groups in total. The predicted molar refractivity (Wildman–Crippen MR) is 91.1 cm³/mol. The highest BCUT2D eigenvalue weighted by Gasteiger charge is 2.18. The minimum atomic E-state index is -1.15. The topological polar surface area (TPSA) is 98.5 Å². The zero-order valence-electron chi connectivity index (χ0n) is 13.1. The predicted octanol–water partition coefficient (Wildman–Crippen LogP) is 3.37. The van der Waals surface area contributed by atoms with E-state index in [0.29, 0.717) is 33.1 Å².